The summed E-state index contributed by atoms with van der Waals surface area (Å²) < 4.78 is 0. The average molecular weight is 617 g/mol. The van der Waals surface area contributed by atoms with Gasteiger partial charge in [-0.1, -0.05) is 80.1 Å². The third-order valence-electron chi connectivity index (χ3n) is 14.7. The van der Waals surface area contributed by atoms with E-state index in [0.29, 0.717) is 28.2 Å². The second-order valence-corrected chi connectivity index (χ2v) is 18.6. The third-order valence-corrected chi connectivity index (χ3v) is 15.2. The van der Waals surface area contributed by atoms with E-state index in [0.717, 1.165) is 41.4 Å². The van der Waals surface area contributed by atoms with Gasteiger partial charge in [-0.05, 0) is 148 Å². The number of hydrogen-bond donors (Lipinski definition) is 1. The Morgan fingerprint density at radius 1 is 0.837 bits per heavy atom. The first kappa shape index (κ1) is 34.5. The Morgan fingerprint density at radius 2 is 1.63 bits per heavy atom. The van der Waals surface area contributed by atoms with Crippen LogP contribution >= 0.6 is 11.6 Å². The van der Waals surface area contributed by atoms with E-state index in [9.17, 15) is 0 Å². The first-order valence-electron chi connectivity index (χ1n) is 19.7. The Hall–Kier alpha value is 0.210. The normalized spacial score (nSPS) is 41.0. The van der Waals surface area contributed by atoms with Crippen LogP contribution in [-0.4, -0.2) is 42.5 Å². The van der Waals surface area contributed by atoms with Crippen LogP contribution in [0.3, 0.4) is 0 Å². The molecule has 4 aliphatic carbocycles. The van der Waals surface area contributed by atoms with E-state index >= 15 is 0 Å². The second-order valence-electron chi connectivity index (χ2n) is 18.0. The highest BCUT2D eigenvalue weighted by molar-refractivity contribution is 6.20. The van der Waals surface area contributed by atoms with Crippen LogP contribution in [0.1, 0.15) is 157 Å². The molecule has 5 aliphatic rings. The van der Waals surface area contributed by atoms with Crippen molar-refractivity contribution in [2.24, 2.45) is 58.2 Å². The maximum atomic E-state index is 6.45. The van der Waals surface area contributed by atoms with Gasteiger partial charge in [-0.2, -0.15) is 0 Å². The fourth-order valence-corrected chi connectivity index (χ4v) is 12.5. The number of piperidine rings is 1. The largest absolute Gasteiger partial charge is 0.312 e. The molecule has 0 aromatic heterocycles. The molecule has 8 atom stereocenters. The fraction of sp³-hybridized carbons (Fsp3) is 1.00. The van der Waals surface area contributed by atoms with Gasteiger partial charge < -0.3 is 10.2 Å². The van der Waals surface area contributed by atoms with Crippen LogP contribution in [0.15, 0.2) is 0 Å². The Balaban J connectivity index is 1.01. The number of unbranched alkanes of at least 4 members (excludes halogenated alkanes) is 2. The van der Waals surface area contributed by atoms with E-state index in [2.05, 4.69) is 51.8 Å². The van der Waals surface area contributed by atoms with Gasteiger partial charge in [0.1, 0.15) is 0 Å². The number of nitrogens with zero attached hydrogens (tertiary/aromatic N) is 1. The topological polar surface area (TPSA) is 15.3 Å². The molecular weight excluding hydrogens is 544 g/mol. The molecule has 250 valence electrons. The van der Waals surface area contributed by atoms with Gasteiger partial charge >= 0.3 is 0 Å². The molecule has 5 rings (SSSR count). The highest BCUT2D eigenvalue weighted by Gasteiger charge is 2.52. The lowest BCUT2D eigenvalue weighted by Crippen LogP contribution is -2.53. The van der Waals surface area contributed by atoms with Gasteiger partial charge in [0.05, 0.1) is 0 Å². The number of hydrogen-bond acceptors (Lipinski definition) is 2. The zero-order chi connectivity index (χ0) is 30.6. The second kappa shape index (κ2) is 15.4. The molecule has 1 saturated heterocycles. The molecule has 2 nitrogen and oxygen atoms in total. The molecule has 5 unspecified atom stereocenters. The number of rotatable bonds is 12. The van der Waals surface area contributed by atoms with Crippen LogP contribution in [0.4, 0.5) is 0 Å². The van der Waals surface area contributed by atoms with Crippen LogP contribution < -0.4 is 5.32 Å². The Bertz CT molecular complexity index is 832. The maximum absolute atomic E-state index is 6.45. The van der Waals surface area contributed by atoms with Crippen LogP contribution in [0.2, 0.25) is 0 Å². The number of likely N-dealkylation sites (tertiary alicyclic amines) is 1. The van der Waals surface area contributed by atoms with Crippen molar-refractivity contribution < 1.29 is 0 Å². The van der Waals surface area contributed by atoms with Gasteiger partial charge in [-0.25, -0.2) is 0 Å². The van der Waals surface area contributed by atoms with Gasteiger partial charge in [0.25, 0.3) is 0 Å². The summed E-state index contributed by atoms with van der Waals surface area (Å²) in [4.78, 5) is 2.81. The molecule has 0 amide bonds. The minimum absolute atomic E-state index is 0.423. The monoisotopic (exact) mass is 617 g/mol. The summed E-state index contributed by atoms with van der Waals surface area (Å²) in [5.74, 6) is 7.67. The summed E-state index contributed by atoms with van der Waals surface area (Å²) in [6, 6.07) is 0.620. The molecule has 1 heterocycles. The van der Waals surface area contributed by atoms with E-state index in [1.54, 1.807) is 19.3 Å². The van der Waals surface area contributed by atoms with Crippen molar-refractivity contribution in [2.45, 2.75) is 169 Å². The highest BCUT2D eigenvalue weighted by atomic mass is 35.5. The minimum Gasteiger partial charge on any atom is -0.312 e. The third kappa shape index (κ3) is 8.20. The zero-order valence-electron chi connectivity index (χ0n) is 29.7. The summed E-state index contributed by atoms with van der Waals surface area (Å²) in [6.07, 6.45) is 26.1. The predicted octanol–water partition coefficient (Wildman–Crippen LogP) is 11.0. The van der Waals surface area contributed by atoms with Gasteiger partial charge in [-0.15, -0.1) is 11.6 Å². The molecular formula is C40H73ClN2. The van der Waals surface area contributed by atoms with Crippen LogP contribution in [0.25, 0.3) is 0 Å². The van der Waals surface area contributed by atoms with E-state index in [1.807, 2.05) is 0 Å². The van der Waals surface area contributed by atoms with E-state index in [1.165, 1.54) is 122 Å². The van der Waals surface area contributed by atoms with Gasteiger partial charge in [0, 0.05) is 24.5 Å². The molecule has 0 radical (unpaired) electrons. The molecule has 4 saturated carbocycles. The Labute approximate surface area is 274 Å². The SMILES string of the molecule is CCC1C(CCCCCN[C@@H](CN2CCC(C3CCC(Cl)CC3)C(C)(C)C2)C(C)C)CCC2C1CC[C@@H]1CCCC[C@]21C. The minimum atomic E-state index is 0.423. The lowest BCUT2D eigenvalue weighted by Gasteiger charge is -2.59. The molecule has 0 spiro atoms. The van der Waals surface area contributed by atoms with E-state index in [-0.39, 0.29) is 0 Å². The van der Waals surface area contributed by atoms with Crippen molar-refractivity contribution in [1.82, 2.24) is 10.2 Å². The highest BCUT2D eigenvalue weighted by Crippen LogP contribution is 2.61. The molecule has 1 N–H and O–H groups in total. The van der Waals surface area contributed by atoms with Gasteiger partial charge in [-0.3, -0.25) is 0 Å². The zero-order valence-corrected chi connectivity index (χ0v) is 30.4. The number of halogens is 1. The summed E-state index contributed by atoms with van der Waals surface area (Å²) in [7, 11) is 0. The maximum Gasteiger partial charge on any atom is 0.0336 e. The van der Waals surface area contributed by atoms with Gasteiger partial charge in [0.15, 0.2) is 0 Å². The first-order valence-corrected chi connectivity index (χ1v) is 20.2. The molecule has 1 aliphatic heterocycles. The van der Waals surface area contributed by atoms with E-state index < -0.39 is 0 Å². The molecule has 43 heavy (non-hydrogen) atoms. The fourth-order valence-electron chi connectivity index (χ4n) is 12.3. The van der Waals surface area contributed by atoms with Crippen molar-refractivity contribution in [3.63, 3.8) is 0 Å². The Kier molecular flexibility index (Phi) is 12.4. The van der Waals surface area contributed by atoms with Crippen LogP contribution in [0, 0.1) is 58.2 Å². The quantitative estimate of drug-likeness (QED) is 0.173. The molecule has 0 aromatic carbocycles. The van der Waals surface area contributed by atoms with Crippen molar-refractivity contribution in [1.29, 1.82) is 0 Å². The Morgan fingerprint density at radius 3 is 2.35 bits per heavy atom. The first-order chi connectivity index (χ1) is 20.6. The molecule has 5 fully saturated rings. The van der Waals surface area contributed by atoms with Crippen molar-refractivity contribution in [3.8, 4) is 0 Å². The van der Waals surface area contributed by atoms with E-state index in [4.69, 9.17) is 11.6 Å². The van der Waals surface area contributed by atoms with Crippen LogP contribution in [0.5, 0.6) is 0 Å². The summed E-state index contributed by atoms with van der Waals surface area (Å²) in [6.45, 7) is 20.2. The summed E-state index contributed by atoms with van der Waals surface area (Å²) >= 11 is 6.45. The number of nitrogens with one attached hydrogen (secondary N) is 1. The lowest BCUT2D eigenvalue weighted by atomic mass is 9.46. The number of fused-ring (bicyclic) bond motifs is 3. The predicted molar refractivity (Wildman–Crippen MR) is 188 cm³/mol. The van der Waals surface area contributed by atoms with Crippen molar-refractivity contribution >= 4 is 11.6 Å². The van der Waals surface area contributed by atoms with Gasteiger partial charge in [0.2, 0.25) is 0 Å². The van der Waals surface area contributed by atoms with Crippen molar-refractivity contribution in [2.75, 3.05) is 26.2 Å². The molecule has 3 heteroatoms. The smallest absolute Gasteiger partial charge is 0.0336 e. The van der Waals surface area contributed by atoms with Crippen LogP contribution in [-0.2, 0) is 0 Å². The standard InChI is InChI=1S/C40H73ClN2/c1-7-34-30(17-22-37-35(34)21-18-32-14-10-11-24-40(32,37)6)13-9-8-12-25-42-38(29(2)3)27-43-26-23-36(39(4,5)28-43)31-15-19-33(41)20-16-31/h29-38,42H,7-28H2,1-6H3/t30?,31?,32-,33?,34?,35?,36?,37?,38-,40-/m0/s1. The average Bonchev–Trinajstić information content (AvgIpc) is 2.97. The summed E-state index contributed by atoms with van der Waals surface area (Å²) in [5.41, 5.74) is 1.11. The molecule has 0 bridgehead atoms. The molecule has 0 aromatic rings. The lowest BCUT2D eigenvalue weighted by molar-refractivity contribution is -0.0910. The number of alkyl halides is 1. The summed E-state index contributed by atoms with van der Waals surface area (Å²) in [5, 5.41) is 4.48. The van der Waals surface area contributed by atoms with Crippen molar-refractivity contribution in [3.05, 3.63) is 0 Å².